The Morgan fingerprint density at radius 3 is 1.57 bits per heavy atom. The fourth-order valence-electron chi connectivity index (χ4n) is 3.71. The number of rotatable bonds is 15. The highest BCUT2D eigenvalue weighted by atomic mass is 16.6. The Morgan fingerprint density at radius 2 is 1.08 bits per heavy atom. The summed E-state index contributed by atoms with van der Waals surface area (Å²) in [6, 6.07) is 29.0. The predicted octanol–water partition coefficient (Wildman–Crippen LogP) is 4.87. The van der Waals surface area contributed by atoms with Gasteiger partial charge in [-0.15, -0.1) is 0 Å². The lowest BCUT2D eigenvalue weighted by Gasteiger charge is -2.33. The van der Waals surface area contributed by atoms with Gasteiger partial charge in [-0.1, -0.05) is 91.0 Å². The molecule has 0 aromatic heterocycles. The van der Waals surface area contributed by atoms with E-state index in [4.69, 9.17) is 23.7 Å². The van der Waals surface area contributed by atoms with Crippen LogP contribution in [0.25, 0.3) is 0 Å². The molecule has 0 fully saturated rings. The molecule has 0 radical (unpaired) electrons. The summed E-state index contributed by atoms with van der Waals surface area (Å²) < 4.78 is 29.4. The van der Waals surface area contributed by atoms with Crippen LogP contribution in [-0.2, 0) is 53.1 Å². The van der Waals surface area contributed by atoms with Crippen molar-refractivity contribution in [3.63, 3.8) is 0 Å². The third kappa shape index (κ3) is 10.6. The average molecular weight is 507 g/mol. The molecule has 37 heavy (non-hydrogen) atoms. The first kappa shape index (κ1) is 28.1. The molecule has 0 aliphatic carbocycles. The zero-order valence-electron chi connectivity index (χ0n) is 21.3. The number of carbonyl (C=O) groups is 2. The number of carbonyl (C=O) groups excluding carboxylic acids is 2. The van der Waals surface area contributed by atoms with Crippen molar-refractivity contribution in [3.8, 4) is 0 Å². The molecule has 0 heterocycles. The van der Waals surface area contributed by atoms with Gasteiger partial charge in [0.15, 0.2) is 6.10 Å². The van der Waals surface area contributed by atoms with E-state index in [0.717, 1.165) is 16.7 Å². The Bertz CT molecular complexity index is 1060. The van der Waals surface area contributed by atoms with Crippen molar-refractivity contribution in [1.82, 2.24) is 0 Å². The quantitative estimate of drug-likeness (QED) is 0.272. The van der Waals surface area contributed by atoms with Crippen LogP contribution < -0.4 is 0 Å². The van der Waals surface area contributed by atoms with Gasteiger partial charge in [0.25, 0.3) is 0 Å². The van der Waals surface area contributed by atoms with Gasteiger partial charge in [-0.25, -0.2) is 0 Å². The molecule has 0 spiro atoms. The van der Waals surface area contributed by atoms with Crippen molar-refractivity contribution in [2.75, 3.05) is 13.2 Å². The minimum Gasteiger partial charge on any atom is -0.463 e. The first-order chi connectivity index (χ1) is 18.0. The number of hydrogen-bond donors (Lipinski definition) is 0. The lowest BCUT2D eigenvalue weighted by molar-refractivity contribution is -0.188. The maximum atomic E-state index is 12.1. The summed E-state index contributed by atoms with van der Waals surface area (Å²) in [7, 11) is 0. The molecule has 0 aliphatic rings. The highest BCUT2D eigenvalue weighted by Crippen LogP contribution is 2.19. The average Bonchev–Trinajstić information content (AvgIpc) is 2.91. The highest BCUT2D eigenvalue weighted by molar-refractivity contribution is 5.66. The van der Waals surface area contributed by atoms with Gasteiger partial charge in [-0.3, -0.25) is 9.59 Å². The summed E-state index contributed by atoms with van der Waals surface area (Å²) in [5, 5.41) is 0. The zero-order chi connectivity index (χ0) is 26.3. The molecule has 7 heteroatoms. The van der Waals surface area contributed by atoms with Crippen LogP contribution in [0.4, 0.5) is 0 Å². The second kappa shape index (κ2) is 15.6. The van der Waals surface area contributed by atoms with E-state index in [1.165, 1.54) is 13.8 Å². The first-order valence-corrected chi connectivity index (χ1v) is 12.2. The molecular weight excluding hydrogens is 472 g/mol. The van der Waals surface area contributed by atoms with Gasteiger partial charge in [-0.05, 0) is 16.7 Å². The van der Waals surface area contributed by atoms with Crippen LogP contribution in [0.2, 0.25) is 0 Å². The van der Waals surface area contributed by atoms with Crippen molar-refractivity contribution in [1.29, 1.82) is 0 Å². The molecule has 0 saturated carbocycles. The van der Waals surface area contributed by atoms with Crippen LogP contribution in [0.3, 0.4) is 0 Å². The molecule has 0 N–H and O–H groups in total. The summed E-state index contributed by atoms with van der Waals surface area (Å²) in [4.78, 5) is 23.7. The zero-order valence-corrected chi connectivity index (χ0v) is 21.3. The number of ether oxygens (including phenoxy) is 5. The third-order valence-corrected chi connectivity index (χ3v) is 5.49. The molecular formula is C30H34O7. The largest absolute Gasteiger partial charge is 0.463 e. The fourth-order valence-corrected chi connectivity index (χ4v) is 3.71. The second-order valence-corrected chi connectivity index (χ2v) is 8.55. The molecule has 0 bridgehead atoms. The van der Waals surface area contributed by atoms with Gasteiger partial charge < -0.3 is 23.7 Å². The van der Waals surface area contributed by atoms with Gasteiger partial charge in [0.2, 0.25) is 0 Å². The summed E-state index contributed by atoms with van der Waals surface area (Å²) in [5.41, 5.74) is 2.87. The first-order valence-electron chi connectivity index (χ1n) is 12.2. The Balaban J connectivity index is 1.81. The Kier molecular flexibility index (Phi) is 11.8. The van der Waals surface area contributed by atoms with Crippen molar-refractivity contribution in [3.05, 3.63) is 108 Å². The van der Waals surface area contributed by atoms with E-state index < -0.39 is 30.3 Å². The van der Waals surface area contributed by atoms with Gasteiger partial charge >= 0.3 is 11.9 Å². The lowest BCUT2D eigenvalue weighted by atomic mass is 10.1. The number of benzene rings is 3. The molecule has 3 aromatic rings. The SMILES string of the molecule is CC(=O)OC[C@@H](OCc1ccccc1)[C@@H](OCc1ccccc1)[C@@H](COCc1ccccc1)OC(C)=O. The van der Waals surface area contributed by atoms with Gasteiger partial charge in [0.1, 0.15) is 18.8 Å². The molecule has 0 saturated heterocycles. The minimum absolute atomic E-state index is 0.0686. The molecule has 0 aliphatic heterocycles. The maximum Gasteiger partial charge on any atom is 0.303 e. The molecule has 3 atom stereocenters. The monoisotopic (exact) mass is 506 g/mol. The van der Waals surface area contributed by atoms with E-state index in [0.29, 0.717) is 6.61 Å². The maximum absolute atomic E-state index is 12.1. The van der Waals surface area contributed by atoms with Crippen LogP contribution in [0.1, 0.15) is 30.5 Å². The standard InChI is InChI=1S/C30H34O7/c1-23(31)34-22-28(35-19-26-14-8-4-9-15-26)30(36-20-27-16-10-5-11-17-27)29(37-24(2)32)21-33-18-25-12-6-3-7-13-25/h3-17,28-30H,18-22H2,1-2H3/t28-,29-,30-/m1/s1. The van der Waals surface area contributed by atoms with Crippen molar-refractivity contribution >= 4 is 11.9 Å². The number of esters is 2. The summed E-state index contributed by atoms with van der Waals surface area (Å²) in [6.07, 6.45) is -2.30. The summed E-state index contributed by atoms with van der Waals surface area (Å²) >= 11 is 0. The predicted molar refractivity (Wildman–Crippen MR) is 138 cm³/mol. The molecule has 0 amide bonds. The highest BCUT2D eigenvalue weighted by Gasteiger charge is 2.35. The smallest absolute Gasteiger partial charge is 0.303 e. The van der Waals surface area contributed by atoms with Crippen molar-refractivity contribution in [2.45, 2.75) is 52.0 Å². The molecule has 7 nitrogen and oxygen atoms in total. The third-order valence-electron chi connectivity index (χ3n) is 5.49. The minimum atomic E-state index is -0.804. The van der Waals surface area contributed by atoms with Gasteiger partial charge in [0.05, 0.1) is 26.4 Å². The van der Waals surface area contributed by atoms with Crippen LogP contribution >= 0.6 is 0 Å². The normalized spacial score (nSPS) is 13.4. The van der Waals surface area contributed by atoms with E-state index in [1.54, 1.807) is 0 Å². The molecule has 3 aromatic carbocycles. The summed E-state index contributed by atoms with van der Waals surface area (Å²) in [5.74, 6) is -0.921. The Labute approximate surface area is 218 Å². The summed E-state index contributed by atoms with van der Waals surface area (Å²) in [6.45, 7) is 3.51. The van der Waals surface area contributed by atoms with E-state index in [1.807, 2.05) is 91.0 Å². The second-order valence-electron chi connectivity index (χ2n) is 8.55. The number of hydrogen-bond acceptors (Lipinski definition) is 7. The van der Waals surface area contributed by atoms with Crippen LogP contribution in [0.15, 0.2) is 91.0 Å². The van der Waals surface area contributed by atoms with E-state index in [-0.39, 0.29) is 26.4 Å². The van der Waals surface area contributed by atoms with E-state index >= 15 is 0 Å². The van der Waals surface area contributed by atoms with Crippen molar-refractivity contribution in [2.24, 2.45) is 0 Å². The molecule has 0 unspecified atom stereocenters. The topological polar surface area (TPSA) is 80.3 Å². The fraction of sp³-hybridized carbons (Fsp3) is 0.333. The van der Waals surface area contributed by atoms with Gasteiger partial charge in [0, 0.05) is 13.8 Å². The van der Waals surface area contributed by atoms with Crippen LogP contribution in [0.5, 0.6) is 0 Å². The van der Waals surface area contributed by atoms with E-state index in [9.17, 15) is 9.59 Å². The molecule has 196 valence electrons. The lowest BCUT2D eigenvalue weighted by Crippen LogP contribution is -2.48. The Hall–Kier alpha value is -3.52. The van der Waals surface area contributed by atoms with Crippen LogP contribution in [0, 0.1) is 0 Å². The molecule has 3 rings (SSSR count). The van der Waals surface area contributed by atoms with Gasteiger partial charge in [-0.2, -0.15) is 0 Å². The van der Waals surface area contributed by atoms with E-state index in [2.05, 4.69) is 0 Å². The van der Waals surface area contributed by atoms with Crippen LogP contribution in [-0.4, -0.2) is 43.5 Å². The van der Waals surface area contributed by atoms with Crippen molar-refractivity contribution < 1.29 is 33.3 Å². The Morgan fingerprint density at radius 1 is 0.595 bits per heavy atom.